The first-order valence-corrected chi connectivity index (χ1v) is 5.91. The Labute approximate surface area is 82.3 Å². The molecular weight excluding hydrogens is 158 g/mol. The first-order valence-electron chi connectivity index (χ1n) is 5.91. The van der Waals surface area contributed by atoms with Crippen molar-refractivity contribution in [3.63, 3.8) is 0 Å². The molecule has 1 unspecified atom stereocenters. The minimum atomic E-state index is 0.571. The molecule has 2 fully saturated rings. The van der Waals surface area contributed by atoms with E-state index in [4.69, 9.17) is 0 Å². The van der Waals surface area contributed by atoms with Crippen LogP contribution in [-0.2, 0) is 0 Å². The van der Waals surface area contributed by atoms with Gasteiger partial charge in [-0.3, -0.25) is 0 Å². The predicted octanol–water partition coefficient (Wildman–Crippen LogP) is 2.81. The van der Waals surface area contributed by atoms with Crippen LogP contribution in [0.5, 0.6) is 0 Å². The lowest BCUT2D eigenvalue weighted by Gasteiger charge is -2.61. The molecule has 1 nitrogen and oxygen atoms in total. The highest BCUT2D eigenvalue weighted by molar-refractivity contribution is 5.08. The van der Waals surface area contributed by atoms with E-state index in [0.29, 0.717) is 5.41 Å². The van der Waals surface area contributed by atoms with Gasteiger partial charge < -0.3 is 5.32 Å². The Morgan fingerprint density at radius 2 is 1.92 bits per heavy atom. The van der Waals surface area contributed by atoms with Gasteiger partial charge in [-0.05, 0) is 36.6 Å². The highest BCUT2D eigenvalue weighted by Crippen LogP contribution is 2.56. The lowest BCUT2D eigenvalue weighted by atomic mass is 9.48. The van der Waals surface area contributed by atoms with Gasteiger partial charge in [-0.25, -0.2) is 0 Å². The minimum absolute atomic E-state index is 0.571. The largest absolute Gasteiger partial charge is 0.313 e. The minimum Gasteiger partial charge on any atom is -0.313 e. The molecule has 0 aromatic rings. The summed E-state index contributed by atoms with van der Waals surface area (Å²) in [7, 11) is 0. The quantitative estimate of drug-likeness (QED) is 0.690. The van der Waals surface area contributed by atoms with E-state index < -0.39 is 0 Å². The van der Waals surface area contributed by atoms with Crippen LogP contribution in [0, 0.1) is 17.3 Å². The second kappa shape index (κ2) is 3.27. The van der Waals surface area contributed by atoms with E-state index in [1.807, 2.05) is 0 Å². The van der Waals surface area contributed by atoms with Crippen LogP contribution in [-0.4, -0.2) is 12.6 Å². The standard InChI is InChI=1S/C12H23N/c1-4-13-11-9-7-5-6-8-10(9)12(11,2)3/h9-11,13H,4-8H2,1-3H3/t9-,10+,11?/m1/s1. The Morgan fingerprint density at radius 1 is 1.23 bits per heavy atom. The van der Waals surface area contributed by atoms with E-state index in [1.54, 1.807) is 0 Å². The van der Waals surface area contributed by atoms with Crippen molar-refractivity contribution in [2.45, 2.75) is 52.5 Å². The Bertz CT molecular complexity index is 186. The third kappa shape index (κ3) is 1.32. The summed E-state index contributed by atoms with van der Waals surface area (Å²) < 4.78 is 0. The topological polar surface area (TPSA) is 12.0 Å². The molecule has 1 heteroatoms. The van der Waals surface area contributed by atoms with Crippen molar-refractivity contribution in [1.29, 1.82) is 0 Å². The molecule has 2 aliphatic rings. The van der Waals surface area contributed by atoms with E-state index in [9.17, 15) is 0 Å². The molecule has 76 valence electrons. The average Bonchev–Trinajstić information content (AvgIpc) is 2.14. The van der Waals surface area contributed by atoms with Crippen molar-refractivity contribution >= 4 is 0 Å². The van der Waals surface area contributed by atoms with Crippen molar-refractivity contribution in [2.75, 3.05) is 6.54 Å². The summed E-state index contributed by atoms with van der Waals surface area (Å²) in [5.41, 5.74) is 0.571. The van der Waals surface area contributed by atoms with E-state index >= 15 is 0 Å². The number of hydrogen-bond donors (Lipinski definition) is 1. The van der Waals surface area contributed by atoms with Crippen LogP contribution >= 0.6 is 0 Å². The number of hydrogen-bond acceptors (Lipinski definition) is 1. The molecule has 3 atom stereocenters. The summed E-state index contributed by atoms with van der Waals surface area (Å²) >= 11 is 0. The van der Waals surface area contributed by atoms with E-state index in [2.05, 4.69) is 26.1 Å². The van der Waals surface area contributed by atoms with Crippen LogP contribution in [0.2, 0.25) is 0 Å². The third-order valence-electron chi connectivity index (χ3n) is 4.43. The average molecular weight is 181 g/mol. The molecule has 0 bridgehead atoms. The van der Waals surface area contributed by atoms with Crippen molar-refractivity contribution in [3.8, 4) is 0 Å². The maximum absolute atomic E-state index is 3.67. The number of nitrogens with one attached hydrogen (secondary N) is 1. The summed E-state index contributed by atoms with van der Waals surface area (Å²) in [6.45, 7) is 8.27. The second-order valence-electron chi connectivity index (χ2n) is 5.41. The fraction of sp³-hybridized carbons (Fsp3) is 1.00. The second-order valence-corrected chi connectivity index (χ2v) is 5.41. The lowest BCUT2D eigenvalue weighted by Crippen LogP contribution is -2.64. The summed E-state index contributed by atoms with van der Waals surface area (Å²) in [6.07, 6.45) is 5.91. The fourth-order valence-corrected chi connectivity index (χ4v) is 3.78. The van der Waals surface area contributed by atoms with Crippen molar-refractivity contribution in [1.82, 2.24) is 5.32 Å². The predicted molar refractivity (Wildman–Crippen MR) is 56.7 cm³/mol. The maximum Gasteiger partial charge on any atom is 0.0152 e. The summed E-state index contributed by atoms with van der Waals surface area (Å²) in [5, 5.41) is 3.67. The molecule has 2 rings (SSSR count). The number of rotatable bonds is 2. The van der Waals surface area contributed by atoms with Crippen molar-refractivity contribution in [3.05, 3.63) is 0 Å². The molecule has 0 aromatic heterocycles. The highest BCUT2D eigenvalue weighted by atomic mass is 15.0. The van der Waals surface area contributed by atoms with E-state index in [1.165, 1.54) is 25.7 Å². The molecular formula is C12H23N. The maximum atomic E-state index is 3.67. The van der Waals surface area contributed by atoms with Gasteiger partial charge in [-0.1, -0.05) is 33.6 Å². The normalized spacial score (nSPS) is 42.2. The molecule has 0 aromatic carbocycles. The molecule has 1 N–H and O–H groups in total. The first kappa shape index (κ1) is 9.51. The van der Waals surface area contributed by atoms with Gasteiger partial charge in [0, 0.05) is 6.04 Å². The van der Waals surface area contributed by atoms with Crippen LogP contribution in [0.4, 0.5) is 0 Å². The molecule has 0 saturated heterocycles. The zero-order valence-electron chi connectivity index (χ0n) is 9.27. The Kier molecular flexibility index (Phi) is 2.39. The van der Waals surface area contributed by atoms with Crippen molar-refractivity contribution in [2.24, 2.45) is 17.3 Å². The van der Waals surface area contributed by atoms with Gasteiger partial charge in [0.2, 0.25) is 0 Å². The monoisotopic (exact) mass is 181 g/mol. The van der Waals surface area contributed by atoms with Gasteiger partial charge in [0.1, 0.15) is 0 Å². The van der Waals surface area contributed by atoms with Gasteiger partial charge >= 0.3 is 0 Å². The first-order chi connectivity index (χ1) is 6.18. The zero-order chi connectivity index (χ0) is 9.47. The van der Waals surface area contributed by atoms with Crippen LogP contribution in [0.1, 0.15) is 46.5 Å². The summed E-state index contributed by atoms with van der Waals surface area (Å²) in [6, 6.07) is 0.808. The fourth-order valence-electron chi connectivity index (χ4n) is 3.78. The van der Waals surface area contributed by atoms with E-state index in [-0.39, 0.29) is 0 Å². The van der Waals surface area contributed by atoms with Crippen LogP contribution < -0.4 is 5.32 Å². The van der Waals surface area contributed by atoms with Gasteiger partial charge in [0.25, 0.3) is 0 Å². The molecule has 2 aliphatic carbocycles. The van der Waals surface area contributed by atoms with Crippen molar-refractivity contribution < 1.29 is 0 Å². The molecule has 2 saturated carbocycles. The molecule has 0 aliphatic heterocycles. The van der Waals surface area contributed by atoms with Gasteiger partial charge in [-0.2, -0.15) is 0 Å². The summed E-state index contributed by atoms with van der Waals surface area (Å²) in [4.78, 5) is 0. The van der Waals surface area contributed by atoms with Crippen LogP contribution in [0.3, 0.4) is 0 Å². The molecule has 13 heavy (non-hydrogen) atoms. The Balaban J connectivity index is 2.03. The molecule has 0 heterocycles. The summed E-state index contributed by atoms with van der Waals surface area (Å²) in [5.74, 6) is 2.02. The lowest BCUT2D eigenvalue weighted by molar-refractivity contribution is -0.0866. The Morgan fingerprint density at radius 3 is 2.62 bits per heavy atom. The van der Waals surface area contributed by atoms with Gasteiger partial charge in [-0.15, -0.1) is 0 Å². The van der Waals surface area contributed by atoms with Crippen LogP contribution in [0.15, 0.2) is 0 Å². The smallest absolute Gasteiger partial charge is 0.0152 e. The van der Waals surface area contributed by atoms with E-state index in [0.717, 1.165) is 24.4 Å². The SMILES string of the molecule is CCNC1[C@@H]2CCCC[C@@H]2C1(C)C. The van der Waals surface area contributed by atoms with Gasteiger partial charge in [0.15, 0.2) is 0 Å². The highest BCUT2D eigenvalue weighted by Gasteiger charge is 2.55. The Hall–Kier alpha value is -0.0400. The number of fused-ring (bicyclic) bond motifs is 1. The molecule has 0 spiro atoms. The zero-order valence-corrected chi connectivity index (χ0v) is 9.27. The van der Waals surface area contributed by atoms with Gasteiger partial charge in [0.05, 0.1) is 0 Å². The molecule has 0 amide bonds. The third-order valence-corrected chi connectivity index (χ3v) is 4.43. The van der Waals surface area contributed by atoms with Crippen LogP contribution in [0.25, 0.3) is 0 Å². The molecule has 0 radical (unpaired) electrons.